The van der Waals surface area contributed by atoms with Crippen LogP contribution >= 0.6 is 11.3 Å². The van der Waals surface area contributed by atoms with Crippen LogP contribution in [0.25, 0.3) is 11.5 Å². The van der Waals surface area contributed by atoms with E-state index in [9.17, 15) is 4.79 Å². The highest BCUT2D eigenvalue weighted by molar-refractivity contribution is 7.08. The zero-order valence-electron chi connectivity index (χ0n) is 11.3. The van der Waals surface area contributed by atoms with Crippen LogP contribution in [0.1, 0.15) is 39.4 Å². The minimum absolute atomic E-state index is 0.0921. The van der Waals surface area contributed by atoms with Crippen molar-refractivity contribution in [1.29, 1.82) is 0 Å². The summed E-state index contributed by atoms with van der Waals surface area (Å²) >= 11 is 1.58. The molecular formula is C13H17N3O2S. The maximum atomic E-state index is 11.4. The van der Waals surface area contributed by atoms with E-state index in [4.69, 9.17) is 4.52 Å². The molecule has 0 atom stereocenters. The molecule has 1 N–H and O–H groups in total. The average molecular weight is 279 g/mol. The minimum Gasteiger partial charge on any atom is -0.343 e. The summed E-state index contributed by atoms with van der Waals surface area (Å²) in [5.41, 5.74) is 0.358. The lowest BCUT2D eigenvalue weighted by Crippen LogP contribution is -2.44. The summed E-state index contributed by atoms with van der Waals surface area (Å²) in [5.74, 6) is 0.937. The molecule has 0 spiro atoms. The molecular weight excluding hydrogens is 262 g/mol. The highest BCUT2D eigenvalue weighted by Crippen LogP contribution is 2.29. The monoisotopic (exact) mass is 279 g/mol. The molecule has 0 saturated carbocycles. The molecule has 0 unspecified atom stereocenters. The van der Waals surface area contributed by atoms with Gasteiger partial charge in [0.05, 0.1) is 5.56 Å². The zero-order chi connectivity index (χ0) is 13.9. The van der Waals surface area contributed by atoms with Crippen LogP contribution in [0.4, 0.5) is 0 Å². The molecule has 1 amide bonds. The molecule has 2 aromatic rings. The third-order valence-corrected chi connectivity index (χ3v) is 3.93. The van der Waals surface area contributed by atoms with Crippen molar-refractivity contribution in [2.45, 2.75) is 39.2 Å². The Balaban J connectivity index is 2.35. The molecule has 2 rings (SSSR count). The number of carbonyl (C=O) groups is 1. The third-order valence-electron chi connectivity index (χ3n) is 3.24. The molecule has 2 heterocycles. The van der Waals surface area contributed by atoms with E-state index in [1.165, 1.54) is 6.92 Å². The van der Waals surface area contributed by atoms with Crippen molar-refractivity contribution in [1.82, 2.24) is 15.5 Å². The van der Waals surface area contributed by atoms with Crippen LogP contribution in [0, 0.1) is 0 Å². The number of rotatable bonds is 5. The molecule has 0 aromatic carbocycles. The predicted molar refractivity (Wildman–Crippen MR) is 73.7 cm³/mol. The van der Waals surface area contributed by atoms with Gasteiger partial charge in [0.1, 0.15) is 5.54 Å². The number of thiophene rings is 1. The van der Waals surface area contributed by atoms with Gasteiger partial charge in [0.15, 0.2) is 5.82 Å². The van der Waals surface area contributed by atoms with Gasteiger partial charge in [-0.2, -0.15) is 16.3 Å². The largest absolute Gasteiger partial charge is 0.343 e. The molecule has 0 aliphatic rings. The molecule has 0 saturated heterocycles. The smallest absolute Gasteiger partial charge is 0.258 e. The number of nitrogens with zero attached hydrogens (tertiary/aromatic N) is 2. The normalized spacial score (nSPS) is 11.5. The first-order chi connectivity index (χ1) is 9.11. The molecule has 0 aliphatic heterocycles. The quantitative estimate of drug-likeness (QED) is 0.913. The van der Waals surface area contributed by atoms with Crippen LogP contribution in [0.5, 0.6) is 0 Å². The van der Waals surface area contributed by atoms with Gasteiger partial charge in [0, 0.05) is 12.3 Å². The lowest BCUT2D eigenvalue weighted by atomic mass is 9.92. The van der Waals surface area contributed by atoms with Crippen molar-refractivity contribution in [2.75, 3.05) is 0 Å². The lowest BCUT2D eigenvalue weighted by molar-refractivity contribution is -0.121. The second-order valence-electron chi connectivity index (χ2n) is 4.41. The second kappa shape index (κ2) is 5.52. The van der Waals surface area contributed by atoms with E-state index in [0.717, 1.165) is 5.56 Å². The molecule has 0 bridgehead atoms. The fourth-order valence-corrected chi connectivity index (χ4v) is 2.69. The third kappa shape index (κ3) is 2.68. The molecule has 0 fully saturated rings. The van der Waals surface area contributed by atoms with E-state index in [-0.39, 0.29) is 5.91 Å². The Morgan fingerprint density at radius 1 is 1.47 bits per heavy atom. The predicted octanol–water partition coefficient (Wildman–Crippen LogP) is 2.95. The Hall–Kier alpha value is -1.69. The Morgan fingerprint density at radius 2 is 2.21 bits per heavy atom. The van der Waals surface area contributed by atoms with Gasteiger partial charge in [0.25, 0.3) is 5.89 Å². The summed E-state index contributed by atoms with van der Waals surface area (Å²) in [6, 6.07) is 1.93. The summed E-state index contributed by atoms with van der Waals surface area (Å²) in [6.07, 6.45) is 1.43. The average Bonchev–Trinajstić information content (AvgIpc) is 3.05. The summed E-state index contributed by atoms with van der Waals surface area (Å²) in [4.78, 5) is 15.8. The molecule has 6 heteroatoms. The van der Waals surface area contributed by atoms with Gasteiger partial charge in [-0.05, 0) is 24.3 Å². The molecule has 0 radical (unpaired) electrons. The highest BCUT2D eigenvalue weighted by atomic mass is 32.1. The van der Waals surface area contributed by atoms with Crippen LogP contribution < -0.4 is 5.32 Å². The first kappa shape index (κ1) is 13.7. The highest BCUT2D eigenvalue weighted by Gasteiger charge is 2.34. The van der Waals surface area contributed by atoms with Crippen LogP contribution in [-0.4, -0.2) is 16.0 Å². The molecule has 2 aromatic heterocycles. The van der Waals surface area contributed by atoms with Crippen molar-refractivity contribution >= 4 is 17.2 Å². The van der Waals surface area contributed by atoms with Crippen LogP contribution in [0.15, 0.2) is 21.3 Å². The fraction of sp³-hybridized carbons (Fsp3) is 0.462. The Kier molecular flexibility index (Phi) is 3.99. The van der Waals surface area contributed by atoms with Gasteiger partial charge < -0.3 is 9.84 Å². The zero-order valence-corrected chi connectivity index (χ0v) is 12.1. The molecule has 102 valence electrons. The van der Waals surface area contributed by atoms with E-state index in [1.807, 2.05) is 30.7 Å². The molecule has 0 aliphatic carbocycles. The van der Waals surface area contributed by atoms with E-state index < -0.39 is 5.54 Å². The first-order valence-corrected chi connectivity index (χ1v) is 7.21. The van der Waals surface area contributed by atoms with E-state index in [0.29, 0.717) is 24.6 Å². The number of amides is 1. The number of carbonyl (C=O) groups excluding carboxylic acids is 1. The maximum Gasteiger partial charge on any atom is 0.258 e. The van der Waals surface area contributed by atoms with Gasteiger partial charge in [-0.1, -0.05) is 19.0 Å². The van der Waals surface area contributed by atoms with Crippen LogP contribution in [0.3, 0.4) is 0 Å². The van der Waals surface area contributed by atoms with Gasteiger partial charge in [0.2, 0.25) is 5.91 Å². The number of nitrogens with one attached hydrogen (secondary N) is 1. The van der Waals surface area contributed by atoms with Crippen LogP contribution in [0.2, 0.25) is 0 Å². The number of hydrogen-bond donors (Lipinski definition) is 1. The van der Waals surface area contributed by atoms with E-state index >= 15 is 0 Å². The van der Waals surface area contributed by atoms with Crippen molar-refractivity contribution < 1.29 is 9.32 Å². The van der Waals surface area contributed by atoms with Crippen molar-refractivity contribution in [3.05, 3.63) is 22.7 Å². The Bertz CT molecular complexity index is 544. The summed E-state index contributed by atoms with van der Waals surface area (Å²) in [5, 5.41) is 10.9. The Labute approximate surface area is 116 Å². The Morgan fingerprint density at radius 3 is 2.74 bits per heavy atom. The van der Waals surface area contributed by atoms with Crippen molar-refractivity contribution in [3.63, 3.8) is 0 Å². The van der Waals surface area contributed by atoms with E-state index in [1.54, 1.807) is 11.3 Å². The number of aromatic nitrogens is 2. The standard InChI is InChI=1S/C13H17N3O2S/c1-4-13(5-2,15-9(3)17)12-14-11(18-16-12)10-6-7-19-8-10/h6-8H,4-5H2,1-3H3,(H,15,17). The maximum absolute atomic E-state index is 11.4. The topological polar surface area (TPSA) is 68.0 Å². The number of hydrogen-bond acceptors (Lipinski definition) is 5. The molecule has 5 nitrogen and oxygen atoms in total. The van der Waals surface area contributed by atoms with Gasteiger partial charge >= 0.3 is 0 Å². The van der Waals surface area contributed by atoms with Crippen molar-refractivity contribution in [2.24, 2.45) is 0 Å². The first-order valence-electron chi connectivity index (χ1n) is 6.27. The van der Waals surface area contributed by atoms with Crippen molar-refractivity contribution in [3.8, 4) is 11.5 Å². The fourth-order valence-electron chi connectivity index (χ4n) is 2.06. The van der Waals surface area contributed by atoms with Gasteiger partial charge in [-0.3, -0.25) is 4.79 Å². The SMILES string of the molecule is CCC(CC)(NC(C)=O)c1noc(-c2ccsc2)n1. The van der Waals surface area contributed by atoms with Crippen LogP contribution in [-0.2, 0) is 10.3 Å². The van der Waals surface area contributed by atoms with Gasteiger partial charge in [-0.15, -0.1) is 0 Å². The second-order valence-corrected chi connectivity index (χ2v) is 5.19. The lowest BCUT2D eigenvalue weighted by Gasteiger charge is -2.28. The minimum atomic E-state index is -0.552. The summed E-state index contributed by atoms with van der Waals surface area (Å²) in [7, 11) is 0. The summed E-state index contributed by atoms with van der Waals surface area (Å²) in [6.45, 7) is 5.50. The van der Waals surface area contributed by atoms with Gasteiger partial charge in [-0.25, -0.2) is 0 Å². The van der Waals surface area contributed by atoms with E-state index in [2.05, 4.69) is 15.5 Å². The summed E-state index contributed by atoms with van der Waals surface area (Å²) < 4.78 is 5.29. The molecule has 19 heavy (non-hydrogen) atoms.